The molecule has 0 radical (unpaired) electrons. The predicted octanol–water partition coefficient (Wildman–Crippen LogP) is 3.34. The van der Waals surface area contributed by atoms with Gasteiger partial charge in [0.25, 0.3) is 0 Å². The first-order chi connectivity index (χ1) is 12.0. The third-order valence-corrected chi connectivity index (χ3v) is 4.68. The number of rotatable bonds is 5. The molecule has 0 unspecified atom stereocenters. The highest BCUT2D eigenvalue weighted by molar-refractivity contribution is 5.54. The van der Waals surface area contributed by atoms with Crippen molar-refractivity contribution < 1.29 is 4.92 Å². The van der Waals surface area contributed by atoms with E-state index in [-0.39, 0.29) is 17.5 Å². The van der Waals surface area contributed by atoms with Crippen molar-refractivity contribution in [1.29, 1.82) is 0 Å². The maximum Gasteiger partial charge on any atom is 0.333 e. The molecule has 1 aliphatic carbocycles. The molecule has 0 bridgehead atoms. The Balaban J connectivity index is 2.02. The summed E-state index contributed by atoms with van der Waals surface area (Å²) in [5.41, 5.74) is 0.243. The SMILES string of the molecule is CC[C@H]1CC=CC[C@H]1Nc1nc(C)c([N+](=O)[O-])c(-n2ccnc2C)n1. The first kappa shape index (κ1) is 17.1. The van der Waals surface area contributed by atoms with Gasteiger partial charge in [-0.15, -0.1) is 0 Å². The van der Waals surface area contributed by atoms with Crippen LogP contribution < -0.4 is 5.32 Å². The van der Waals surface area contributed by atoms with Crippen molar-refractivity contribution in [3.8, 4) is 5.82 Å². The fourth-order valence-corrected chi connectivity index (χ4v) is 3.26. The standard InChI is InChI=1S/C17H22N6O2/c1-4-13-7-5-6-8-14(13)20-17-19-11(2)15(23(24)25)16(21-17)22-10-9-18-12(22)3/h5-6,9-10,13-14H,4,7-8H2,1-3H3,(H,19,20,21)/t13-,14+/m0/s1. The Labute approximate surface area is 146 Å². The Hall–Kier alpha value is -2.77. The monoisotopic (exact) mass is 342 g/mol. The van der Waals surface area contributed by atoms with E-state index < -0.39 is 4.92 Å². The van der Waals surface area contributed by atoms with E-state index in [1.807, 2.05) is 0 Å². The molecule has 2 atom stereocenters. The largest absolute Gasteiger partial charge is 0.351 e. The minimum atomic E-state index is -0.438. The lowest BCUT2D eigenvalue weighted by Crippen LogP contribution is -2.31. The highest BCUT2D eigenvalue weighted by atomic mass is 16.6. The lowest BCUT2D eigenvalue weighted by atomic mass is 9.87. The number of allylic oxidation sites excluding steroid dienone is 1. The van der Waals surface area contributed by atoms with Gasteiger partial charge in [-0.25, -0.2) is 9.97 Å². The van der Waals surface area contributed by atoms with Gasteiger partial charge in [0.15, 0.2) is 0 Å². The highest BCUT2D eigenvalue weighted by Gasteiger charge is 2.27. The van der Waals surface area contributed by atoms with Gasteiger partial charge in [-0.05, 0) is 32.6 Å². The van der Waals surface area contributed by atoms with Crippen molar-refractivity contribution in [2.75, 3.05) is 5.32 Å². The molecule has 1 N–H and O–H groups in total. The Morgan fingerprint density at radius 1 is 1.32 bits per heavy atom. The van der Waals surface area contributed by atoms with Crippen LogP contribution in [-0.2, 0) is 0 Å². The van der Waals surface area contributed by atoms with Crippen molar-refractivity contribution in [3.05, 3.63) is 46.2 Å². The molecule has 0 spiro atoms. The second-order valence-corrected chi connectivity index (χ2v) is 6.27. The fourth-order valence-electron chi connectivity index (χ4n) is 3.26. The molecule has 2 aromatic heterocycles. The van der Waals surface area contributed by atoms with Crippen LogP contribution in [0.5, 0.6) is 0 Å². The number of hydrogen-bond donors (Lipinski definition) is 1. The smallest absolute Gasteiger partial charge is 0.333 e. The van der Waals surface area contributed by atoms with Crippen LogP contribution in [0.2, 0.25) is 0 Å². The predicted molar refractivity (Wildman–Crippen MR) is 94.8 cm³/mol. The van der Waals surface area contributed by atoms with E-state index in [1.165, 1.54) is 0 Å². The minimum Gasteiger partial charge on any atom is -0.351 e. The molecule has 8 heteroatoms. The second-order valence-electron chi connectivity index (χ2n) is 6.27. The van der Waals surface area contributed by atoms with Crippen LogP contribution in [0.15, 0.2) is 24.5 Å². The number of hydrogen-bond acceptors (Lipinski definition) is 6. The molecule has 2 heterocycles. The van der Waals surface area contributed by atoms with Crippen LogP contribution >= 0.6 is 0 Å². The van der Waals surface area contributed by atoms with Gasteiger partial charge < -0.3 is 5.32 Å². The van der Waals surface area contributed by atoms with Crippen LogP contribution in [0.1, 0.15) is 37.7 Å². The van der Waals surface area contributed by atoms with Gasteiger partial charge in [-0.3, -0.25) is 14.7 Å². The summed E-state index contributed by atoms with van der Waals surface area (Å²) in [6.45, 7) is 5.59. The summed E-state index contributed by atoms with van der Waals surface area (Å²) in [7, 11) is 0. The molecule has 8 nitrogen and oxygen atoms in total. The van der Waals surface area contributed by atoms with Crippen molar-refractivity contribution in [1.82, 2.24) is 19.5 Å². The van der Waals surface area contributed by atoms with E-state index in [4.69, 9.17) is 0 Å². The Morgan fingerprint density at radius 2 is 2.08 bits per heavy atom. The maximum atomic E-state index is 11.5. The van der Waals surface area contributed by atoms with Gasteiger partial charge >= 0.3 is 5.69 Å². The average Bonchev–Trinajstić information content (AvgIpc) is 3.00. The summed E-state index contributed by atoms with van der Waals surface area (Å²) >= 11 is 0. The van der Waals surface area contributed by atoms with Gasteiger partial charge in [-0.1, -0.05) is 25.5 Å². The van der Waals surface area contributed by atoms with Crippen molar-refractivity contribution in [2.24, 2.45) is 5.92 Å². The number of aromatic nitrogens is 4. The third-order valence-electron chi connectivity index (χ3n) is 4.68. The molecule has 0 amide bonds. The third kappa shape index (κ3) is 3.38. The normalized spacial score (nSPS) is 19.8. The maximum absolute atomic E-state index is 11.5. The molecular weight excluding hydrogens is 320 g/mol. The van der Waals surface area contributed by atoms with Crippen LogP contribution in [0.3, 0.4) is 0 Å². The van der Waals surface area contributed by atoms with E-state index in [9.17, 15) is 10.1 Å². The number of aryl methyl sites for hydroxylation is 2. The summed E-state index contributed by atoms with van der Waals surface area (Å²) in [5, 5.41) is 14.9. The molecule has 0 saturated heterocycles. The second kappa shape index (κ2) is 7.00. The zero-order valence-corrected chi connectivity index (χ0v) is 14.6. The molecule has 132 valence electrons. The topological polar surface area (TPSA) is 98.8 Å². The van der Waals surface area contributed by atoms with Crippen LogP contribution in [0, 0.1) is 29.9 Å². The Morgan fingerprint density at radius 3 is 2.72 bits per heavy atom. The lowest BCUT2D eigenvalue weighted by molar-refractivity contribution is -0.385. The molecule has 3 rings (SSSR count). The summed E-state index contributed by atoms with van der Waals surface area (Å²) in [4.78, 5) is 24.0. The van der Waals surface area contributed by atoms with E-state index in [0.717, 1.165) is 19.3 Å². The molecule has 2 aromatic rings. The van der Waals surface area contributed by atoms with Crippen molar-refractivity contribution >= 4 is 11.6 Å². The molecule has 0 aromatic carbocycles. The molecule has 1 aliphatic rings. The van der Waals surface area contributed by atoms with Gasteiger partial charge in [0, 0.05) is 18.4 Å². The van der Waals surface area contributed by atoms with Crippen LogP contribution in [-0.4, -0.2) is 30.5 Å². The zero-order chi connectivity index (χ0) is 18.0. The van der Waals surface area contributed by atoms with Gasteiger partial charge in [0.2, 0.25) is 11.8 Å². The van der Waals surface area contributed by atoms with E-state index in [1.54, 1.807) is 30.8 Å². The Kier molecular flexibility index (Phi) is 4.78. The number of nitrogens with zero attached hydrogens (tertiary/aromatic N) is 5. The number of imidazole rings is 1. The quantitative estimate of drug-likeness (QED) is 0.508. The number of nitrogens with one attached hydrogen (secondary N) is 1. The van der Waals surface area contributed by atoms with Crippen LogP contribution in [0.4, 0.5) is 11.6 Å². The summed E-state index contributed by atoms with van der Waals surface area (Å²) in [5.74, 6) is 1.81. The molecular formula is C17H22N6O2. The fraction of sp³-hybridized carbons (Fsp3) is 0.471. The zero-order valence-electron chi connectivity index (χ0n) is 14.6. The first-order valence-electron chi connectivity index (χ1n) is 8.46. The minimum absolute atomic E-state index is 0.0952. The van der Waals surface area contributed by atoms with Crippen molar-refractivity contribution in [3.63, 3.8) is 0 Å². The number of nitro groups is 1. The summed E-state index contributed by atoms with van der Waals surface area (Å²) in [6, 6.07) is 0.229. The van der Waals surface area contributed by atoms with Gasteiger partial charge in [0.1, 0.15) is 11.5 Å². The van der Waals surface area contributed by atoms with Crippen LogP contribution in [0.25, 0.3) is 5.82 Å². The van der Waals surface area contributed by atoms with Gasteiger partial charge in [0.05, 0.1) is 4.92 Å². The Bertz CT molecular complexity index is 813. The molecule has 0 fully saturated rings. The molecule has 25 heavy (non-hydrogen) atoms. The summed E-state index contributed by atoms with van der Waals surface area (Å²) < 4.78 is 1.62. The van der Waals surface area contributed by atoms with E-state index in [0.29, 0.717) is 23.4 Å². The average molecular weight is 342 g/mol. The molecule has 0 saturated carbocycles. The first-order valence-corrected chi connectivity index (χ1v) is 8.46. The van der Waals surface area contributed by atoms with E-state index >= 15 is 0 Å². The van der Waals surface area contributed by atoms with E-state index in [2.05, 4.69) is 39.3 Å². The number of anilines is 1. The summed E-state index contributed by atoms with van der Waals surface area (Å²) in [6.07, 6.45) is 10.6. The molecule has 0 aliphatic heterocycles. The van der Waals surface area contributed by atoms with Crippen molar-refractivity contribution in [2.45, 2.75) is 46.1 Å². The highest BCUT2D eigenvalue weighted by Crippen LogP contribution is 2.29. The van der Waals surface area contributed by atoms with Gasteiger partial charge in [-0.2, -0.15) is 4.98 Å². The lowest BCUT2D eigenvalue weighted by Gasteiger charge is -2.28.